The molecular formula is C71H94N12O9. The number of hydrogen-bond donors (Lipinski definition) is 10. The third-order valence-electron chi connectivity index (χ3n) is 18.6. The van der Waals surface area contributed by atoms with Crippen molar-refractivity contribution in [3.05, 3.63) is 144 Å². The lowest BCUT2D eigenvalue weighted by Crippen LogP contribution is -2.59. The molecule has 4 heterocycles. The van der Waals surface area contributed by atoms with Gasteiger partial charge in [-0.15, -0.1) is 11.8 Å². The van der Waals surface area contributed by atoms with Gasteiger partial charge in [0.2, 0.25) is 53.2 Å². The molecule has 0 bridgehead atoms. The van der Waals surface area contributed by atoms with Gasteiger partial charge in [0.05, 0.1) is 18.1 Å². The van der Waals surface area contributed by atoms with Gasteiger partial charge in [0.15, 0.2) is 0 Å². The molecule has 9 amide bonds. The first-order chi connectivity index (χ1) is 44.7. The van der Waals surface area contributed by atoms with E-state index in [1.807, 2.05) is 111 Å². The van der Waals surface area contributed by atoms with Crippen LogP contribution in [0.3, 0.4) is 0 Å². The maximum atomic E-state index is 14.8. The van der Waals surface area contributed by atoms with Crippen LogP contribution < -0.4 is 53.2 Å². The molecule has 4 aliphatic heterocycles. The van der Waals surface area contributed by atoms with Gasteiger partial charge in [-0.05, 0) is 119 Å². The Morgan fingerprint density at radius 2 is 0.946 bits per heavy atom. The van der Waals surface area contributed by atoms with E-state index in [1.54, 1.807) is 48.2 Å². The monoisotopic (exact) mass is 1260 g/mol. The van der Waals surface area contributed by atoms with Gasteiger partial charge in [-0.2, -0.15) is 0 Å². The first kappa shape index (κ1) is 69.4. The third kappa shape index (κ3) is 18.8. The molecule has 21 heteroatoms. The highest BCUT2D eigenvalue weighted by Gasteiger charge is 2.50. The maximum Gasteiger partial charge on any atom is 0.247 e. The Bertz CT molecular complexity index is 3120. The van der Waals surface area contributed by atoms with E-state index in [9.17, 15) is 43.2 Å². The highest BCUT2D eigenvalue weighted by Crippen LogP contribution is 2.37. The first-order valence-corrected chi connectivity index (χ1v) is 33.1. The number of hydrogen-bond acceptors (Lipinski definition) is 12. The fraction of sp³-hybridized carbons (Fsp3) is 0.507. The van der Waals surface area contributed by atoms with Gasteiger partial charge in [0, 0.05) is 69.9 Å². The number of likely N-dealkylation sites (N-methyl/N-ethyl adjacent to an activating group) is 2. The summed E-state index contributed by atoms with van der Waals surface area (Å²) in [7, 11) is 3.40. The van der Waals surface area contributed by atoms with Gasteiger partial charge in [0.25, 0.3) is 0 Å². The Labute approximate surface area is 541 Å². The smallest absolute Gasteiger partial charge is 0.247 e. The molecule has 4 aliphatic rings. The average Bonchev–Trinajstić information content (AvgIpc) is 1.64. The minimum Gasteiger partial charge on any atom is -0.356 e. The van der Waals surface area contributed by atoms with Crippen LogP contribution in [-0.2, 0) is 49.7 Å². The van der Waals surface area contributed by atoms with Crippen molar-refractivity contribution >= 4 is 53.2 Å². The van der Waals surface area contributed by atoms with E-state index in [4.69, 9.17) is 0 Å². The van der Waals surface area contributed by atoms with Crippen molar-refractivity contribution in [2.24, 2.45) is 11.8 Å². The van der Waals surface area contributed by atoms with Gasteiger partial charge in [-0.3, -0.25) is 43.2 Å². The number of fused-ring (bicyclic) bond motifs is 2. The molecule has 4 saturated heterocycles. The van der Waals surface area contributed by atoms with Crippen molar-refractivity contribution < 1.29 is 43.2 Å². The maximum absolute atomic E-state index is 14.8. The van der Waals surface area contributed by atoms with Crippen molar-refractivity contribution in [1.29, 1.82) is 0 Å². The van der Waals surface area contributed by atoms with Gasteiger partial charge in [-0.25, -0.2) is 0 Å². The Balaban J connectivity index is 0.789. The number of nitrogens with one attached hydrogen (secondary N) is 10. The molecule has 0 aromatic heterocycles. The molecule has 8 rings (SSSR count). The minimum absolute atomic E-state index is 0.0631. The SMILES string of the molecule is CC[C@H](NC)C(=O)N[C@@H]1C(=O)N2[C@@H](CC[C@@H]1CNC(=O)CCC#CCCC(=O)NCCNC(=O)[C@@H](NC(=O)[C@@H]1CC[C@@H]3CC[C@H](CCNCc4ccccc4)[C@H](NC(=O)[C@H](CC)NC)C(=O)N31)c1ccccc1)CC[C@H]2C(=O)NC(c1ccccc1)c1ccccc1. The number of amides is 9. The lowest BCUT2D eigenvalue weighted by Gasteiger charge is -2.33. The second-order valence-corrected chi connectivity index (χ2v) is 24.5. The van der Waals surface area contributed by atoms with Crippen molar-refractivity contribution in [2.45, 2.75) is 177 Å². The standard InChI is InChI=1S/C71H94N12O9/c1-5-55(72-3)65(86)80-63-51(41-42-74-45-47-23-13-9-14-24-47)33-35-53-37-40-58(82(53)70(63)91)68(89)79-62(50-29-19-12-20-30-50)69(90)76-44-43-75-59(84)31-21-7-8-22-32-60(85)77-46-52-34-36-54-38-39-57(83(54)71(92)64(52)81-66(87)56(6-2)73-4)67(88)78-61(48-25-15-10-16-26-48)49-27-17-11-18-28-49/h9-20,23-30,51-58,61-64,72-74H,5-6,21-22,31-46H2,1-4H3,(H,75,84)(H,76,90)(H,77,85)(H,78,88)(H,79,89)(H,80,86)(H,81,87)/t51-,52-,53+,54+,55+,56+,57+,58+,62+,63+,64+/m1/s1. The molecule has 21 nitrogen and oxygen atoms in total. The van der Waals surface area contributed by atoms with Crippen molar-refractivity contribution in [2.75, 3.05) is 40.3 Å². The molecule has 4 aromatic rings. The fourth-order valence-corrected chi connectivity index (χ4v) is 13.5. The fourth-order valence-electron chi connectivity index (χ4n) is 13.5. The number of nitrogens with zero attached hydrogens (tertiary/aromatic N) is 2. The highest BCUT2D eigenvalue weighted by atomic mass is 16.2. The van der Waals surface area contributed by atoms with Crippen LogP contribution in [-0.4, -0.2) is 152 Å². The summed E-state index contributed by atoms with van der Waals surface area (Å²) in [6.07, 6.45) is 6.86. The van der Waals surface area contributed by atoms with Gasteiger partial charge in [0.1, 0.15) is 30.2 Å². The van der Waals surface area contributed by atoms with E-state index in [0.717, 1.165) is 16.7 Å². The molecule has 4 fully saturated rings. The van der Waals surface area contributed by atoms with Gasteiger partial charge < -0.3 is 63.0 Å². The molecular weight excluding hydrogens is 1160 g/mol. The Morgan fingerprint density at radius 3 is 1.46 bits per heavy atom. The van der Waals surface area contributed by atoms with Crippen molar-refractivity contribution in [1.82, 2.24) is 63.0 Å². The van der Waals surface area contributed by atoms with Crippen molar-refractivity contribution in [3.8, 4) is 11.8 Å². The molecule has 10 N–H and O–H groups in total. The van der Waals surface area contributed by atoms with E-state index in [1.165, 1.54) is 0 Å². The zero-order valence-electron chi connectivity index (χ0n) is 53.7. The van der Waals surface area contributed by atoms with E-state index >= 15 is 0 Å². The number of rotatable bonds is 30. The lowest BCUT2D eigenvalue weighted by molar-refractivity contribution is -0.144. The van der Waals surface area contributed by atoms with E-state index < -0.39 is 66.1 Å². The quantitative estimate of drug-likeness (QED) is 0.0258. The number of benzene rings is 4. The summed E-state index contributed by atoms with van der Waals surface area (Å²) in [5.41, 5.74) is 3.50. The van der Waals surface area contributed by atoms with Gasteiger partial charge >= 0.3 is 0 Å². The largest absolute Gasteiger partial charge is 0.356 e. The molecule has 0 radical (unpaired) electrons. The Hall–Kier alpha value is -8.45. The molecule has 11 atom stereocenters. The zero-order chi connectivity index (χ0) is 65.4. The molecule has 492 valence electrons. The van der Waals surface area contributed by atoms with Gasteiger partial charge in [-0.1, -0.05) is 135 Å². The summed E-state index contributed by atoms with van der Waals surface area (Å²) in [4.78, 5) is 129. The topological polar surface area (TPSA) is 280 Å². The van der Waals surface area contributed by atoms with Crippen LogP contribution in [0.25, 0.3) is 0 Å². The average molecular weight is 1260 g/mol. The lowest BCUT2D eigenvalue weighted by atomic mass is 9.90. The summed E-state index contributed by atoms with van der Waals surface area (Å²) in [5, 5.41) is 30.5. The van der Waals surface area contributed by atoms with Crippen LogP contribution in [0.5, 0.6) is 0 Å². The molecule has 0 unspecified atom stereocenters. The summed E-state index contributed by atoms with van der Waals surface area (Å²) < 4.78 is 0. The molecule has 4 aromatic carbocycles. The van der Waals surface area contributed by atoms with E-state index in [-0.39, 0.29) is 105 Å². The van der Waals surface area contributed by atoms with Crippen LogP contribution in [0.1, 0.15) is 144 Å². The zero-order valence-corrected chi connectivity index (χ0v) is 53.7. The summed E-state index contributed by atoms with van der Waals surface area (Å²) in [6, 6.07) is 31.8. The van der Waals surface area contributed by atoms with E-state index in [0.29, 0.717) is 89.3 Å². The molecule has 92 heavy (non-hydrogen) atoms. The highest BCUT2D eigenvalue weighted by molar-refractivity contribution is 5.97. The summed E-state index contributed by atoms with van der Waals surface area (Å²) >= 11 is 0. The molecule has 0 saturated carbocycles. The third-order valence-corrected chi connectivity index (χ3v) is 18.6. The predicted octanol–water partition coefficient (Wildman–Crippen LogP) is 4.35. The normalized spacial score (nSPS) is 22.0. The van der Waals surface area contributed by atoms with Crippen LogP contribution in [0, 0.1) is 23.7 Å². The minimum atomic E-state index is -1.10. The van der Waals surface area contributed by atoms with Crippen LogP contribution in [0.2, 0.25) is 0 Å². The van der Waals surface area contributed by atoms with E-state index in [2.05, 4.69) is 65.0 Å². The van der Waals surface area contributed by atoms with Crippen molar-refractivity contribution in [3.63, 3.8) is 0 Å². The Morgan fingerprint density at radius 1 is 0.500 bits per heavy atom. The Kier molecular flexibility index (Phi) is 26.7. The molecule has 0 spiro atoms. The molecule has 0 aliphatic carbocycles. The van der Waals surface area contributed by atoms with Crippen LogP contribution in [0.15, 0.2) is 121 Å². The summed E-state index contributed by atoms with van der Waals surface area (Å²) in [6.45, 7) is 5.37. The number of carbonyl (C=O) groups excluding carboxylic acids is 9. The van der Waals surface area contributed by atoms with Crippen LogP contribution >= 0.6 is 0 Å². The van der Waals surface area contributed by atoms with Crippen LogP contribution in [0.4, 0.5) is 0 Å². The number of carbonyl (C=O) groups is 9. The first-order valence-electron chi connectivity index (χ1n) is 33.1. The predicted molar refractivity (Wildman–Crippen MR) is 351 cm³/mol. The second-order valence-electron chi connectivity index (χ2n) is 24.5. The summed E-state index contributed by atoms with van der Waals surface area (Å²) in [5.74, 6) is 2.28. The second kappa shape index (κ2) is 35.4.